The van der Waals surface area contributed by atoms with Gasteiger partial charge in [-0.05, 0) is 32.4 Å². The zero-order valence-corrected chi connectivity index (χ0v) is 20.0. The van der Waals surface area contributed by atoms with Gasteiger partial charge in [-0.15, -0.1) is 11.3 Å². The van der Waals surface area contributed by atoms with Gasteiger partial charge < -0.3 is 20.8 Å². The number of amides is 1. The van der Waals surface area contributed by atoms with Crippen LogP contribution >= 0.6 is 11.3 Å². The Morgan fingerprint density at radius 1 is 1.31 bits per heavy atom. The summed E-state index contributed by atoms with van der Waals surface area (Å²) in [5, 5.41) is 35.0. The van der Waals surface area contributed by atoms with Crippen molar-refractivity contribution in [2.24, 2.45) is 0 Å². The maximum absolute atomic E-state index is 12.5. The lowest BCUT2D eigenvalue weighted by Gasteiger charge is -2.23. The van der Waals surface area contributed by atoms with E-state index in [0.717, 1.165) is 34.7 Å². The number of fused-ring (bicyclic) bond motifs is 5. The van der Waals surface area contributed by atoms with Crippen molar-refractivity contribution in [3.8, 4) is 21.8 Å². The molecule has 6 rings (SSSR count). The van der Waals surface area contributed by atoms with Gasteiger partial charge in [-0.25, -0.2) is 4.52 Å². The minimum Gasteiger partial charge on any atom is -0.394 e. The molecule has 11 nitrogen and oxygen atoms in total. The van der Waals surface area contributed by atoms with E-state index in [9.17, 15) is 9.90 Å². The molecule has 4 aromatic rings. The zero-order chi connectivity index (χ0) is 24.1. The molecule has 0 bridgehead atoms. The summed E-state index contributed by atoms with van der Waals surface area (Å²) in [6.07, 6.45) is 8.43. The smallest absolute Gasteiger partial charge is 0.238 e. The Kier molecular flexibility index (Phi) is 5.52. The van der Waals surface area contributed by atoms with E-state index >= 15 is 0 Å². The van der Waals surface area contributed by atoms with Crippen LogP contribution in [0.4, 0.5) is 11.4 Å². The average Bonchev–Trinajstić information content (AvgIpc) is 3.58. The maximum atomic E-state index is 12.5. The van der Waals surface area contributed by atoms with E-state index in [4.69, 9.17) is 10.2 Å². The molecule has 35 heavy (non-hydrogen) atoms. The van der Waals surface area contributed by atoms with Gasteiger partial charge in [-0.3, -0.25) is 19.4 Å². The summed E-state index contributed by atoms with van der Waals surface area (Å²) in [4.78, 5) is 21.0. The molecule has 0 aromatic carbocycles. The van der Waals surface area contributed by atoms with Gasteiger partial charge in [0.25, 0.3) is 0 Å². The fraction of sp³-hybridized carbons (Fsp3) is 0.391. The molecule has 1 unspecified atom stereocenters. The predicted octanol–water partition coefficient (Wildman–Crippen LogP) is 2.15. The number of pyridine rings is 1. The van der Waals surface area contributed by atoms with Gasteiger partial charge in [0.15, 0.2) is 6.23 Å². The van der Waals surface area contributed by atoms with Crippen molar-refractivity contribution in [2.45, 2.75) is 38.6 Å². The van der Waals surface area contributed by atoms with Crippen LogP contribution in [0, 0.1) is 0 Å². The fourth-order valence-corrected chi connectivity index (χ4v) is 5.89. The number of hydrogen-bond donors (Lipinski definition) is 4. The van der Waals surface area contributed by atoms with Crippen LogP contribution in [0.1, 0.15) is 31.6 Å². The molecule has 2 aliphatic rings. The average molecular weight is 495 g/mol. The van der Waals surface area contributed by atoms with Gasteiger partial charge in [0.1, 0.15) is 16.2 Å². The Balaban J connectivity index is 1.26. The number of anilines is 2. The highest BCUT2D eigenvalue weighted by atomic mass is 32.1. The largest absolute Gasteiger partial charge is 0.394 e. The summed E-state index contributed by atoms with van der Waals surface area (Å²) in [6.45, 7) is 3.90. The van der Waals surface area contributed by atoms with Crippen molar-refractivity contribution in [1.82, 2.24) is 29.3 Å². The molecular weight excluding hydrogens is 468 g/mol. The van der Waals surface area contributed by atoms with Crippen molar-refractivity contribution in [1.29, 1.82) is 0 Å². The molecular formula is C23H26N8O3S. The van der Waals surface area contributed by atoms with Crippen molar-refractivity contribution in [3.63, 3.8) is 0 Å². The van der Waals surface area contributed by atoms with Crippen molar-refractivity contribution >= 4 is 33.4 Å². The number of aromatic nitrogens is 5. The van der Waals surface area contributed by atoms with Crippen molar-refractivity contribution < 1.29 is 15.0 Å². The molecule has 4 aromatic heterocycles. The Hall–Kier alpha value is -3.32. The molecule has 0 radical (unpaired) electrons. The lowest BCUT2D eigenvalue weighted by Crippen LogP contribution is -2.35. The number of aliphatic hydroxyl groups excluding tert-OH is 2. The molecule has 6 heterocycles. The second-order valence-corrected chi connectivity index (χ2v) is 10.0. The third-order valence-corrected chi connectivity index (χ3v) is 7.75. The number of carbonyl (C=O) groups is 1. The van der Waals surface area contributed by atoms with E-state index in [1.54, 1.807) is 27.7 Å². The van der Waals surface area contributed by atoms with E-state index in [-0.39, 0.29) is 12.5 Å². The predicted molar refractivity (Wildman–Crippen MR) is 132 cm³/mol. The molecule has 4 N–H and O–H groups in total. The number of carbonyl (C=O) groups excluding carboxylic acids is 1. The summed E-state index contributed by atoms with van der Waals surface area (Å²) >= 11 is 1.50. The van der Waals surface area contributed by atoms with Crippen LogP contribution in [0.3, 0.4) is 0 Å². The number of rotatable bonds is 6. The van der Waals surface area contributed by atoms with E-state index in [2.05, 4.69) is 32.5 Å². The monoisotopic (exact) mass is 494 g/mol. The van der Waals surface area contributed by atoms with Crippen LogP contribution in [-0.4, -0.2) is 71.1 Å². The third-order valence-electron chi connectivity index (χ3n) is 6.59. The van der Waals surface area contributed by atoms with Gasteiger partial charge in [0, 0.05) is 24.0 Å². The first-order valence-corrected chi connectivity index (χ1v) is 12.5. The number of nitrogens with zero attached hydrogens (tertiary/aromatic N) is 6. The van der Waals surface area contributed by atoms with Crippen molar-refractivity contribution in [2.75, 3.05) is 30.3 Å². The normalized spacial score (nSPS) is 19.5. The van der Waals surface area contributed by atoms with Crippen LogP contribution in [-0.2, 0) is 11.3 Å². The van der Waals surface area contributed by atoms with Gasteiger partial charge in [-0.2, -0.15) is 10.2 Å². The second-order valence-electron chi connectivity index (χ2n) is 9.00. The summed E-state index contributed by atoms with van der Waals surface area (Å²) in [5.41, 5.74) is 4.03. The fourth-order valence-electron chi connectivity index (χ4n) is 4.80. The van der Waals surface area contributed by atoms with Crippen LogP contribution in [0.15, 0.2) is 30.9 Å². The quantitative estimate of drug-likeness (QED) is 0.321. The summed E-state index contributed by atoms with van der Waals surface area (Å²) < 4.78 is 3.44. The molecule has 1 amide bonds. The molecule has 1 fully saturated rings. The van der Waals surface area contributed by atoms with Gasteiger partial charge in [-0.1, -0.05) is 0 Å². The number of hydrogen-bond acceptors (Lipinski definition) is 9. The van der Waals surface area contributed by atoms with E-state index < -0.39 is 6.23 Å². The van der Waals surface area contributed by atoms with Crippen LogP contribution < -0.4 is 10.6 Å². The van der Waals surface area contributed by atoms with Gasteiger partial charge in [0.05, 0.1) is 53.9 Å². The minimum absolute atomic E-state index is 0.0235. The van der Waals surface area contributed by atoms with Crippen LogP contribution in [0.5, 0.6) is 0 Å². The number of nitrogens with one attached hydrogen (secondary N) is 2. The van der Waals surface area contributed by atoms with Gasteiger partial charge in [0.2, 0.25) is 5.91 Å². The lowest BCUT2D eigenvalue weighted by molar-refractivity contribution is -0.117. The first kappa shape index (κ1) is 22.2. The van der Waals surface area contributed by atoms with E-state index in [1.165, 1.54) is 11.3 Å². The van der Waals surface area contributed by atoms with E-state index in [0.29, 0.717) is 47.5 Å². The molecule has 2 aliphatic heterocycles. The van der Waals surface area contributed by atoms with Crippen molar-refractivity contribution in [3.05, 3.63) is 36.4 Å². The summed E-state index contributed by atoms with van der Waals surface area (Å²) in [7, 11) is 0. The summed E-state index contributed by atoms with van der Waals surface area (Å²) in [6, 6.07) is 2.21. The number of thiazole rings is 1. The molecule has 0 spiro atoms. The molecule has 1 saturated heterocycles. The minimum atomic E-state index is -0.961. The highest BCUT2D eigenvalue weighted by Crippen LogP contribution is 2.43. The Labute approximate surface area is 205 Å². The Morgan fingerprint density at radius 3 is 3.00 bits per heavy atom. The zero-order valence-electron chi connectivity index (χ0n) is 19.2. The first-order chi connectivity index (χ1) is 17.0. The Bertz CT molecular complexity index is 1410. The molecule has 2 atom stereocenters. The van der Waals surface area contributed by atoms with Gasteiger partial charge >= 0.3 is 0 Å². The first-order valence-electron chi connectivity index (χ1n) is 11.6. The van der Waals surface area contributed by atoms with Crippen LogP contribution in [0.25, 0.3) is 26.7 Å². The van der Waals surface area contributed by atoms with Crippen LogP contribution in [0.2, 0.25) is 0 Å². The molecule has 0 aliphatic carbocycles. The SMILES string of the molecule is C[C@H]1CCCN1CC(=O)Nc1cnc2c(c1)NC(O)c1c-2nn2cc(-c3cnn(CCO)c3)sc12. The molecule has 12 heteroatoms. The van der Waals surface area contributed by atoms with E-state index in [1.807, 2.05) is 12.4 Å². The number of aliphatic hydroxyl groups is 2. The number of likely N-dealkylation sites (tertiary alicyclic amines) is 1. The highest BCUT2D eigenvalue weighted by molar-refractivity contribution is 7.20. The third kappa shape index (κ3) is 3.97. The Morgan fingerprint density at radius 2 is 2.20 bits per heavy atom. The highest BCUT2D eigenvalue weighted by Gasteiger charge is 2.31. The molecule has 0 saturated carbocycles. The lowest BCUT2D eigenvalue weighted by atomic mass is 10.1. The maximum Gasteiger partial charge on any atom is 0.238 e. The second kappa shape index (κ2) is 8.72. The topological polar surface area (TPSA) is 133 Å². The summed E-state index contributed by atoms with van der Waals surface area (Å²) in [5.74, 6) is -0.0742. The molecule has 182 valence electrons. The standard InChI is InChI=1S/C23H26N8O3S/c1-13-3-2-4-29(13)12-18(33)26-15-7-16-20(24-9-15)21-19(22(34)27-16)23-31(28-21)11-17(35-23)14-8-25-30(10-14)5-6-32/h7-11,13,22,27,32,34H,2-6,12H2,1H3,(H,26,33)/t13-,22?/m0/s1.